The fourth-order valence-electron chi connectivity index (χ4n) is 1.85. The van der Waals surface area contributed by atoms with Crippen LogP contribution in [0.2, 0.25) is 5.15 Å². The number of aromatic hydroxyl groups is 1. The van der Waals surface area contributed by atoms with Crippen LogP contribution in [-0.2, 0) is 6.42 Å². The SMILES string of the molecule is CC(CCc1ccc(O)cc1)NC(=O)c1ccc(Cl)nn1. The number of halogens is 1. The van der Waals surface area contributed by atoms with Crippen LogP contribution in [0.3, 0.4) is 0 Å². The molecule has 1 unspecified atom stereocenters. The zero-order valence-electron chi connectivity index (χ0n) is 11.6. The Morgan fingerprint density at radius 2 is 1.95 bits per heavy atom. The zero-order valence-corrected chi connectivity index (χ0v) is 12.3. The number of aromatic nitrogens is 2. The number of hydrogen-bond donors (Lipinski definition) is 2. The third-order valence-electron chi connectivity index (χ3n) is 3.04. The van der Waals surface area contributed by atoms with E-state index in [0.29, 0.717) is 0 Å². The minimum atomic E-state index is -0.266. The van der Waals surface area contributed by atoms with E-state index in [1.54, 1.807) is 12.1 Å². The topological polar surface area (TPSA) is 75.1 Å². The van der Waals surface area contributed by atoms with E-state index in [4.69, 9.17) is 11.6 Å². The van der Waals surface area contributed by atoms with Crippen molar-refractivity contribution in [1.29, 1.82) is 0 Å². The van der Waals surface area contributed by atoms with Crippen molar-refractivity contribution in [3.63, 3.8) is 0 Å². The van der Waals surface area contributed by atoms with E-state index in [2.05, 4.69) is 15.5 Å². The Kier molecular flexibility index (Phi) is 5.11. The molecule has 0 saturated heterocycles. The highest BCUT2D eigenvalue weighted by atomic mass is 35.5. The molecular weight excluding hydrogens is 290 g/mol. The highest BCUT2D eigenvalue weighted by Crippen LogP contribution is 2.12. The highest BCUT2D eigenvalue weighted by molar-refractivity contribution is 6.29. The Morgan fingerprint density at radius 3 is 2.57 bits per heavy atom. The summed E-state index contributed by atoms with van der Waals surface area (Å²) in [6.07, 6.45) is 1.60. The highest BCUT2D eigenvalue weighted by Gasteiger charge is 2.11. The predicted molar refractivity (Wildman–Crippen MR) is 80.4 cm³/mol. The molecule has 0 radical (unpaired) electrons. The minimum absolute atomic E-state index is 0.00350. The van der Waals surface area contributed by atoms with Crippen LogP contribution in [0.4, 0.5) is 0 Å². The van der Waals surface area contributed by atoms with E-state index in [0.717, 1.165) is 18.4 Å². The van der Waals surface area contributed by atoms with Gasteiger partial charge in [-0.25, -0.2) is 0 Å². The first kappa shape index (κ1) is 15.3. The number of amides is 1. The molecular formula is C15H16ClN3O2. The molecule has 6 heteroatoms. The van der Waals surface area contributed by atoms with Gasteiger partial charge >= 0.3 is 0 Å². The number of aryl methyl sites for hydroxylation is 1. The van der Waals surface area contributed by atoms with Crippen LogP contribution in [0.25, 0.3) is 0 Å². The lowest BCUT2D eigenvalue weighted by molar-refractivity contribution is 0.0932. The van der Waals surface area contributed by atoms with Crippen molar-refractivity contribution in [2.24, 2.45) is 0 Å². The maximum atomic E-state index is 11.9. The third kappa shape index (κ3) is 4.72. The van der Waals surface area contributed by atoms with Crippen molar-refractivity contribution in [1.82, 2.24) is 15.5 Å². The maximum Gasteiger partial charge on any atom is 0.272 e. The van der Waals surface area contributed by atoms with Gasteiger partial charge < -0.3 is 10.4 Å². The third-order valence-corrected chi connectivity index (χ3v) is 3.25. The molecule has 110 valence electrons. The van der Waals surface area contributed by atoms with Crippen LogP contribution >= 0.6 is 11.6 Å². The van der Waals surface area contributed by atoms with Crippen LogP contribution in [0.1, 0.15) is 29.4 Å². The van der Waals surface area contributed by atoms with Gasteiger partial charge in [0, 0.05) is 6.04 Å². The summed E-state index contributed by atoms with van der Waals surface area (Å²) in [6, 6.07) is 10.1. The smallest absolute Gasteiger partial charge is 0.272 e. The number of phenols is 1. The summed E-state index contributed by atoms with van der Waals surface area (Å²) in [6.45, 7) is 1.93. The largest absolute Gasteiger partial charge is 0.508 e. The van der Waals surface area contributed by atoms with E-state index in [-0.39, 0.29) is 28.5 Å². The van der Waals surface area contributed by atoms with Crippen molar-refractivity contribution in [3.05, 3.63) is 52.8 Å². The molecule has 0 bridgehead atoms. The summed E-state index contributed by atoms with van der Waals surface area (Å²) in [7, 11) is 0. The number of phenolic OH excluding ortho intramolecular Hbond substituents is 1. The van der Waals surface area contributed by atoms with Crippen LogP contribution in [-0.4, -0.2) is 27.3 Å². The zero-order chi connectivity index (χ0) is 15.2. The van der Waals surface area contributed by atoms with Gasteiger partial charge in [-0.15, -0.1) is 10.2 Å². The fraction of sp³-hybridized carbons (Fsp3) is 0.267. The van der Waals surface area contributed by atoms with Gasteiger partial charge in [0.15, 0.2) is 10.8 Å². The molecule has 0 aliphatic heterocycles. The molecule has 21 heavy (non-hydrogen) atoms. The standard InChI is InChI=1S/C15H16ClN3O2/c1-10(2-3-11-4-6-12(20)7-5-11)17-15(21)13-8-9-14(16)19-18-13/h4-10,20H,2-3H2,1H3,(H,17,21). The summed E-state index contributed by atoms with van der Waals surface area (Å²) in [4.78, 5) is 11.9. The molecule has 1 amide bonds. The van der Waals surface area contributed by atoms with Gasteiger partial charge in [-0.3, -0.25) is 4.79 Å². The molecule has 0 spiro atoms. The van der Waals surface area contributed by atoms with Crippen LogP contribution < -0.4 is 5.32 Å². The minimum Gasteiger partial charge on any atom is -0.508 e. The Labute approximate surface area is 128 Å². The molecule has 0 aliphatic carbocycles. The molecule has 1 heterocycles. The maximum absolute atomic E-state index is 11.9. The first-order valence-corrected chi connectivity index (χ1v) is 7.00. The van der Waals surface area contributed by atoms with Crippen molar-refractivity contribution >= 4 is 17.5 Å². The molecule has 0 aliphatic rings. The van der Waals surface area contributed by atoms with Crippen molar-refractivity contribution < 1.29 is 9.90 Å². The van der Waals surface area contributed by atoms with Crippen LogP contribution in [0.5, 0.6) is 5.75 Å². The number of rotatable bonds is 5. The second-order valence-electron chi connectivity index (χ2n) is 4.82. The Morgan fingerprint density at radius 1 is 1.24 bits per heavy atom. The monoisotopic (exact) mass is 305 g/mol. The van der Waals surface area contributed by atoms with E-state index < -0.39 is 0 Å². The van der Waals surface area contributed by atoms with Crippen LogP contribution in [0.15, 0.2) is 36.4 Å². The van der Waals surface area contributed by atoms with E-state index in [1.807, 2.05) is 19.1 Å². The van der Waals surface area contributed by atoms with Crippen molar-refractivity contribution in [2.45, 2.75) is 25.8 Å². The Bertz CT molecular complexity index is 599. The van der Waals surface area contributed by atoms with Gasteiger partial charge in [0.2, 0.25) is 0 Å². The van der Waals surface area contributed by atoms with Gasteiger partial charge in [0.05, 0.1) is 0 Å². The number of carbonyl (C=O) groups excluding carboxylic acids is 1. The molecule has 0 fully saturated rings. The quantitative estimate of drug-likeness (QED) is 0.890. The van der Waals surface area contributed by atoms with E-state index in [1.165, 1.54) is 12.1 Å². The lowest BCUT2D eigenvalue weighted by Crippen LogP contribution is -2.33. The molecule has 2 N–H and O–H groups in total. The number of nitrogens with one attached hydrogen (secondary N) is 1. The van der Waals surface area contributed by atoms with E-state index >= 15 is 0 Å². The first-order valence-electron chi connectivity index (χ1n) is 6.62. The molecule has 2 aromatic rings. The summed E-state index contributed by atoms with van der Waals surface area (Å²) >= 11 is 5.63. The second kappa shape index (κ2) is 7.04. The van der Waals surface area contributed by atoms with Gasteiger partial charge in [-0.05, 0) is 49.6 Å². The summed E-state index contributed by atoms with van der Waals surface area (Å²) in [5.74, 6) is -0.0150. The van der Waals surface area contributed by atoms with Gasteiger partial charge in [-0.2, -0.15) is 0 Å². The predicted octanol–water partition coefficient (Wildman–Crippen LogP) is 2.59. The molecule has 1 aromatic heterocycles. The Hall–Kier alpha value is -2.14. The Balaban J connectivity index is 1.83. The number of nitrogens with zero attached hydrogens (tertiary/aromatic N) is 2. The summed E-state index contributed by atoms with van der Waals surface area (Å²) in [5, 5.41) is 19.7. The van der Waals surface area contributed by atoms with Crippen molar-refractivity contribution in [2.75, 3.05) is 0 Å². The number of hydrogen-bond acceptors (Lipinski definition) is 4. The van der Waals surface area contributed by atoms with Gasteiger partial charge in [-0.1, -0.05) is 23.7 Å². The average molecular weight is 306 g/mol. The fourth-order valence-corrected chi connectivity index (χ4v) is 1.95. The van der Waals surface area contributed by atoms with Gasteiger partial charge in [0.25, 0.3) is 5.91 Å². The normalized spacial score (nSPS) is 11.9. The molecule has 5 nitrogen and oxygen atoms in total. The lowest BCUT2D eigenvalue weighted by atomic mass is 10.1. The second-order valence-corrected chi connectivity index (χ2v) is 5.21. The molecule has 0 saturated carbocycles. The van der Waals surface area contributed by atoms with Crippen LogP contribution in [0, 0.1) is 0 Å². The molecule has 1 aromatic carbocycles. The first-order chi connectivity index (χ1) is 10.0. The number of carbonyl (C=O) groups is 1. The molecule has 1 atom stereocenters. The number of benzene rings is 1. The van der Waals surface area contributed by atoms with Gasteiger partial charge in [0.1, 0.15) is 5.75 Å². The summed E-state index contributed by atoms with van der Waals surface area (Å²) in [5.41, 5.74) is 1.36. The lowest BCUT2D eigenvalue weighted by Gasteiger charge is -2.13. The van der Waals surface area contributed by atoms with E-state index in [9.17, 15) is 9.90 Å². The summed E-state index contributed by atoms with van der Waals surface area (Å²) < 4.78 is 0. The molecule has 2 rings (SSSR count). The average Bonchev–Trinajstić information content (AvgIpc) is 2.47. The van der Waals surface area contributed by atoms with Crippen molar-refractivity contribution in [3.8, 4) is 5.75 Å².